The van der Waals surface area contributed by atoms with Crippen LogP contribution in [0, 0.1) is 13.8 Å². The van der Waals surface area contributed by atoms with E-state index in [1.54, 1.807) is 0 Å². The zero-order valence-electron chi connectivity index (χ0n) is 11.1. The summed E-state index contributed by atoms with van der Waals surface area (Å²) in [6.07, 6.45) is 4.57. The van der Waals surface area contributed by atoms with Crippen LogP contribution in [0.3, 0.4) is 0 Å². The zero-order valence-corrected chi connectivity index (χ0v) is 12.6. The van der Waals surface area contributed by atoms with Gasteiger partial charge in [0.25, 0.3) is 5.91 Å². The molecule has 2 rings (SSSR count). The number of alkyl halides is 1. The molecule has 0 aliphatic heterocycles. The van der Waals surface area contributed by atoms with Gasteiger partial charge >= 0.3 is 0 Å². The molecule has 0 spiro atoms. The molecule has 0 heterocycles. The number of benzene rings is 1. The summed E-state index contributed by atoms with van der Waals surface area (Å²) in [5.41, 5.74) is 2.95. The van der Waals surface area contributed by atoms with Crippen LogP contribution in [-0.4, -0.2) is 16.8 Å². The number of hydrogen-bond acceptors (Lipinski definition) is 1. The third kappa shape index (κ3) is 2.77. The van der Waals surface area contributed by atoms with E-state index in [2.05, 4.69) is 21.2 Å². The van der Waals surface area contributed by atoms with Crippen molar-refractivity contribution in [3.63, 3.8) is 0 Å². The molecular formula is C15H20BrNO. The topological polar surface area (TPSA) is 29.1 Å². The van der Waals surface area contributed by atoms with E-state index in [0.717, 1.165) is 34.9 Å². The molecule has 0 aromatic heterocycles. The first-order valence-corrected chi connectivity index (χ1v) is 7.64. The van der Waals surface area contributed by atoms with Gasteiger partial charge in [0.15, 0.2) is 0 Å². The smallest absolute Gasteiger partial charge is 0.252 e. The highest BCUT2D eigenvalue weighted by atomic mass is 79.9. The number of hydrogen-bond donors (Lipinski definition) is 1. The minimum absolute atomic E-state index is 0.0345. The number of amides is 1. The number of halogens is 1. The Bertz CT molecular complexity index is 450. The molecule has 1 N–H and O–H groups in total. The Morgan fingerprint density at radius 2 is 2.00 bits per heavy atom. The molecule has 1 aromatic rings. The van der Waals surface area contributed by atoms with Crippen LogP contribution in [0.2, 0.25) is 0 Å². The first-order valence-electron chi connectivity index (χ1n) is 6.52. The van der Waals surface area contributed by atoms with E-state index in [1.165, 1.54) is 12.8 Å². The molecule has 1 saturated carbocycles. The molecule has 1 fully saturated rings. The second kappa shape index (κ2) is 5.43. The molecule has 98 valence electrons. The molecule has 1 aliphatic carbocycles. The molecular weight excluding hydrogens is 290 g/mol. The fourth-order valence-electron chi connectivity index (χ4n) is 2.63. The largest absolute Gasteiger partial charge is 0.346 e. The van der Waals surface area contributed by atoms with Crippen molar-refractivity contribution in [2.75, 3.05) is 5.33 Å². The van der Waals surface area contributed by atoms with Gasteiger partial charge in [-0.3, -0.25) is 4.79 Å². The van der Waals surface area contributed by atoms with Crippen molar-refractivity contribution in [2.24, 2.45) is 0 Å². The predicted molar refractivity (Wildman–Crippen MR) is 78.4 cm³/mol. The fraction of sp³-hybridized carbons (Fsp3) is 0.533. The molecule has 0 bridgehead atoms. The quantitative estimate of drug-likeness (QED) is 0.847. The standard InChI is InChI=1S/C15H20BrNO/c1-11-5-6-12(2)13(9-11)14(18)17-15(10-16)7-3-4-8-15/h5-6,9H,3-4,7-8,10H2,1-2H3,(H,17,18). The van der Waals surface area contributed by atoms with Crippen LogP contribution >= 0.6 is 15.9 Å². The molecule has 1 aliphatic rings. The molecule has 1 amide bonds. The second-order valence-corrected chi connectivity index (χ2v) is 5.95. The first kappa shape index (κ1) is 13.6. The Labute approximate surface area is 117 Å². The molecule has 3 heteroatoms. The number of nitrogens with one attached hydrogen (secondary N) is 1. The molecule has 18 heavy (non-hydrogen) atoms. The van der Waals surface area contributed by atoms with Gasteiger partial charge in [0.1, 0.15) is 0 Å². The van der Waals surface area contributed by atoms with Gasteiger partial charge in [0.05, 0.1) is 5.54 Å². The van der Waals surface area contributed by atoms with Crippen molar-refractivity contribution < 1.29 is 4.79 Å². The van der Waals surface area contributed by atoms with Gasteiger partial charge in [-0.2, -0.15) is 0 Å². The van der Waals surface area contributed by atoms with Crippen LogP contribution in [0.4, 0.5) is 0 Å². The summed E-state index contributed by atoms with van der Waals surface area (Å²) in [5, 5.41) is 4.08. The highest BCUT2D eigenvalue weighted by Gasteiger charge is 2.34. The molecule has 2 nitrogen and oxygen atoms in total. The van der Waals surface area contributed by atoms with Crippen LogP contribution < -0.4 is 5.32 Å². The number of aryl methyl sites for hydroxylation is 2. The van der Waals surface area contributed by atoms with E-state index < -0.39 is 0 Å². The van der Waals surface area contributed by atoms with E-state index in [1.807, 2.05) is 32.0 Å². The lowest BCUT2D eigenvalue weighted by molar-refractivity contribution is 0.0909. The molecule has 0 radical (unpaired) electrons. The fourth-order valence-corrected chi connectivity index (χ4v) is 3.33. The van der Waals surface area contributed by atoms with Crippen LogP contribution in [0.1, 0.15) is 47.2 Å². The Hall–Kier alpha value is -0.830. The molecule has 0 saturated heterocycles. The van der Waals surface area contributed by atoms with Gasteiger partial charge in [0, 0.05) is 10.9 Å². The maximum Gasteiger partial charge on any atom is 0.252 e. The average Bonchev–Trinajstić information content (AvgIpc) is 2.81. The maximum absolute atomic E-state index is 12.4. The number of carbonyl (C=O) groups is 1. The van der Waals surface area contributed by atoms with Crippen LogP contribution in [0.15, 0.2) is 18.2 Å². The second-order valence-electron chi connectivity index (χ2n) is 5.39. The van der Waals surface area contributed by atoms with Crippen LogP contribution in [0.5, 0.6) is 0 Å². The van der Waals surface area contributed by atoms with Gasteiger partial charge in [0.2, 0.25) is 0 Å². The normalized spacial score (nSPS) is 17.7. The average molecular weight is 310 g/mol. The van der Waals surface area contributed by atoms with Gasteiger partial charge in [-0.05, 0) is 38.3 Å². The van der Waals surface area contributed by atoms with Crippen LogP contribution in [-0.2, 0) is 0 Å². The van der Waals surface area contributed by atoms with Crippen molar-refractivity contribution in [3.05, 3.63) is 34.9 Å². The lowest BCUT2D eigenvalue weighted by Gasteiger charge is -2.28. The summed E-state index contributed by atoms with van der Waals surface area (Å²) < 4.78 is 0. The molecule has 0 unspecified atom stereocenters. The van der Waals surface area contributed by atoms with Crippen molar-refractivity contribution in [2.45, 2.75) is 45.1 Å². The van der Waals surface area contributed by atoms with E-state index in [4.69, 9.17) is 0 Å². The predicted octanol–water partition coefficient (Wildman–Crippen LogP) is 3.74. The maximum atomic E-state index is 12.4. The van der Waals surface area contributed by atoms with Crippen molar-refractivity contribution in [3.8, 4) is 0 Å². The van der Waals surface area contributed by atoms with Crippen LogP contribution in [0.25, 0.3) is 0 Å². The minimum Gasteiger partial charge on any atom is -0.346 e. The molecule has 0 atom stereocenters. The SMILES string of the molecule is Cc1ccc(C)c(C(=O)NC2(CBr)CCCC2)c1. The Morgan fingerprint density at radius 3 is 2.61 bits per heavy atom. The van der Waals surface area contributed by atoms with Gasteiger partial charge < -0.3 is 5.32 Å². The summed E-state index contributed by atoms with van der Waals surface area (Å²) in [6, 6.07) is 6.03. The summed E-state index contributed by atoms with van der Waals surface area (Å²) in [6.45, 7) is 4.01. The first-order chi connectivity index (χ1) is 8.56. The Balaban J connectivity index is 2.18. The van der Waals surface area contributed by atoms with Gasteiger partial charge in [-0.1, -0.05) is 46.5 Å². The van der Waals surface area contributed by atoms with E-state index >= 15 is 0 Å². The van der Waals surface area contributed by atoms with Crippen molar-refractivity contribution in [1.82, 2.24) is 5.32 Å². The summed E-state index contributed by atoms with van der Waals surface area (Å²) >= 11 is 3.55. The molecule has 1 aromatic carbocycles. The Kier molecular flexibility index (Phi) is 4.10. The summed E-state index contributed by atoms with van der Waals surface area (Å²) in [5.74, 6) is 0.0672. The third-order valence-corrected chi connectivity index (χ3v) is 4.91. The van der Waals surface area contributed by atoms with Crippen molar-refractivity contribution >= 4 is 21.8 Å². The highest BCUT2D eigenvalue weighted by Crippen LogP contribution is 2.31. The number of carbonyl (C=O) groups excluding carboxylic acids is 1. The van der Waals surface area contributed by atoms with E-state index in [0.29, 0.717) is 0 Å². The summed E-state index contributed by atoms with van der Waals surface area (Å²) in [4.78, 5) is 12.4. The highest BCUT2D eigenvalue weighted by molar-refractivity contribution is 9.09. The summed E-state index contributed by atoms with van der Waals surface area (Å²) in [7, 11) is 0. The van der Waals surface area contributed by atoms with Gasteiger partial charge in [-0.25, -0.2) is 0 Å². The Morgan fingerprint density at radius 1 is 1.33 bits per heavy atom. The van der Waals surface area contributed by atoms with E-state index in [-0.39, 0.29) is 11.4 Å². The van der Waals surface area contributed by atoms with Crippen molar-refractivity contribution in [1.29, 1.82) is 0 Å². The minimum atomic E-state index is -0.0345. The zero-order chi connectivity index (χ0) is 13.2. The number of rotatable bonds is 3. The van der Waals surface area contributed by atoms with Gasteiger partial charge in [-0.15, -0.1) is 0 Å². The third-order valence-electron chi connectivity index (χ3n) is 3.83. The lowest BCUT2D eigenvalue weighted by atomic mass is 9.98. The lowest BCUT2D eigenvalue weighted by Crippen LogP contribution is -2.47. The van der Waals surface area contributed by atoms with E-state index in [9.17, 15) is 4.79 Å². The monoisotopic (exact) mass is 309 g/mol.